The summed E-state index contributed by atoms with van der Waals surface area (Å²) in [6.07, 6.45) is -0.807. The number of rotatable bonds is 5. The van der Waals surface area contributed by atoms with Crippen LogP contribution in [0, 0.1) is 6.08 Å². The van der Waals surface area contributed by atoms with E-state index < -0.39 is 26.1 Å². The van der Waals surface area contributed by atoms with Gasteiger partial charge in [-0.3, -0.25) is 4.57 Å². The molecule has 0 aliphatic heterocycles. The number of aromatic nitrogens is 4. The summed E-state index contributed by atoms with van der Waals surface area (Å²) in [6.45, 7) is 1.80. The number of ether oxygens (including phenoxy) is 1. The van der Waals surface area contributed by atoms with E-state index in [0.29, 0.717) is 0 Å². The van der Waals surface area contributed by atoms with Crippen LogP contribution in [-0.4, -0.2) is 41.8 Å². The van der Waals surface area contributed by atoms with E-state index in [0.717, 1.165) is 0 Å². The van der Waals surface area contributed by atoms with E-state index in [1.807, 2.05) is 0 Å². The van der Waals surface area contributed by atoms with E-state index >= 15 is 0 Å². The van der Waals surface area contributed by atoms with Gasteiger partial charge in [-0.1, -0.05) is 0 Å². The van der Waals surface area contributed by atoms with Gasteiger partial charge >= 0.3 is 13.7 Å². The van der Waals surface area contributed by atoms with Crippen molar-refractivity contribution in [1.82, 2.24) is 19.5 Å². The lowest BCUT2D eigenvalue weighted by Crippen LogP contribution is -2.17. The van der Waals surface area contributed by atoms with Crippen LogP contribution in [0.4, 0.5) is 10.2 Å². The minimum absolute atomic E-state index is 0.0740. The fraction of sp³-hybridized carbons (Fsp3) is 0.444. The fourth-order valence-corrected chi connectivity index (χ4v) is 2.07. The van der Waals surface area contributed by atoms with Crippen LogP contribution in [-0.2, 0) is 15.8 Å². The van der Waals surface area contributed by atoms with Gasteiger partial charge in [-0.2, -0.15) is 14.4 Å². The number of fused-ring (bicyclic) bond motifs is 1. The average molecular weight is 305 g/mol. The molecule has 0 radical (unpaired) electrons. The van der Waals surface area contributed by atoms with Crippen molar-refractivity contribution < 1.29 is 23.5 Å². The van der Waals surface area contributed by atoms with Crippen LogP contribution in [0.25, 0.3) is 11.2 Å². The molecule has 0 amide bonds. The quantitative estimate of drug-likeness (QED) is 0.522. The molecule has 0 saturated carbocycles. The van der Waals surface area contributed by atoms with Gasteiger partial charge in [0.2, 0.25) is 0 Å². The van der Waals surface area contributed by atoms with Crippen LogP contribution in [0.1, 0.15) is 6.92 Å². The third-order valence-electron chi connectivity index (χ3n) is 2.44. The highest BCUT2D eigenvalue weighted by Crippen LogP contribution is 2.34. The van der Waals surface area contributed by atoms with Crippen molar-refractivity contribution in [3.63, 3.8) is 0 Å². The van der Waals surface area contributed by atoms with Crippen LogP contribution in [0.15, 0.2) is 6.33 Å². The van der Waals surface area contributed by atoms with Crippen LogP contribution < -0.4 is 5.73 Å². The number of hydrogen-bond acceptors (Lipinski definition) is 6. The molecule has 0 aliphatic carbocycles. The zero-order valence-corrected chi connectivity index (χ0v) is 11.4. The fourth-order valence-electron chi connectivity index (χ4n) is 1.63. The molecule has 0 aromatic carbocycles. The van der Waals surface area contributed by atoms with Crippen molar-refractivity contribution in [2.24, 2.45) is 0 Å². The highest BCUT2D eigenvalue weighted by molar-refractivity contribution is 7.51. The lowest BCUT2D eigenvalue weighted by atomic mass is 10.4. The van der Waals surface area contributed by atoms with E-state index in [9.17, 15) is 8.96 Å². The van der Waals surface area contributed by atoms with Crippen LogP contribution in [0.2, 0.25) is 0 Å². The summed E-state index contributed by atoms with van der Waals surface area (Å²) < 4.78 is 30.3. The zero-order valence-electron chi connectivity index (χ0n) is 10.5. The smallest absolute Gasteiger partial charge is 0.350 e. The van der Waals surface area contributed by atoms with Gasteiger partial charge in [-0.05, 0) is 6.92 Å². The van der Waals surface area contributed by atoms with Crippen molar-refractivity contribution >= 4 is 24.6 Å². The third kappa shape index (κ3) is 3.48. The molecule has 110 valence electrons. The maximum atomic E-state index is 13.1. The van der Waals surface area contributed by atoms with Gasteiger partial charge in [-0.15, -0.1) is 0 Å². The van der Waals surface area contributed by atoms with Gasteiger partial charge in [0.05, 0.1) is 19.0 Å². The predicted octanol–water partition coefficient (Wildman–Crippen LogP) is 0.0879. The lowest BCUT2D eigenvalue weighted by Gasteiger charge is -2.14. The first kappa shape index (κ1) is 14.8. The highest BCUT2D eigenvalue weighted by Gasteiger charge is 2.17. The standard InChI is InChI=1S/C9H13FN5O4P/c1-5(19-4-20(16,17)18)2-15-3-12-6-7(11)13-9(10)14-8(6)15/h3,5H,2,4H2,1H3,(H2,11,13,14)(H2,16,17,18)/t5-/m1/s1. The number of hydrogen-bond donors (Lipinski definition) is 3. The average Bonchev–Trinajstić information content (AvgIpc) is 2.69. The Balaban J connectivity index is 2.16. The van der Waals surface area contributed by atoms with E-state index in [1.54, 1.807) is 6.92 Å². The molecule has 11 heteroatoms. The summed E-state index contributed by atoms with van der Waals surface area (Å²) in [5, 5.41) is 0. The molecule has 0 aliphatic rings. The number of imidazole rings is 1. The van der Waals surface area contributed by atoms with Gasteiger partial charge in [0.1, 0.15) is 11.9 Å². The number of nitrogens with two attached hydrogens (primary N) is 1. The molecule has 0 spiro atoms. The van der Waals surface area contributed by atoms with Gasteiger partial charge in [0.25, 0.3) is 0 Å². The number of nitrogen functional groups attached to an aromatic ring is 1. The van der Waals surface area contributed by atoms with Gasteiger partial charge in [-0.25, -0.2) is 4.98 Å². The summed E-state index contributed by atoms with van der Waals surface area (Å²) in [6, 6.07) is 0. The Labute approximate surface area is 112 Å². The molecular weight excluding hydrogens is 292 g/mol. The largest absolute Gasteiger partial charge is 0.382 e. The van der Waals surface area contributed by atoms with Gasteiger partial charge < -0.3 is 24.8 Å². The molecule has 0 unspecified atom stereocenters. The molecule has 0 fully saturated rings. The second-order valence-electron chi connectivity index (χ2n) is 4.22. The topological polar surface area (TPSA) is 136 Å². The Hall–Kier alpha value is -1.61. The molecule has 4 N–H and O–H groups in total. The van der Waals surface area contributed by atoms with Crippen molar-refractivity contribution in [1.29, 1.82) is 0 Å². The molecule has 1 atom stereocenters. The van der Waals surface area contributed by atoms with E-state index in [4.69, 9.17) is 20.3 Å². The number of anilines is 1. The first-order chi connectivity index (χ1) is 9.26. The Morgan fingerprint density at radius 3 is 2.90 bits per heavy atom. The highest BCUT2D eigenvalue weighted by atomic mass is 31.2. The lowest BCUT2D eigenvalue weighted by molar-refractivity contribution is 0.0764. The van der Waals surface area contributed by atoms with Crippen molar-refractivity contribution in [3.8, 4) is 0 Å². The summed E-state index contributed by atoms with van der Waals surface area (Å²) in [5.74, 6) is -0.0740. The molecular formula is C9H13FN5O4P. The molecule has 2 aromatic heterocycles. The van der Waals surface area contributed by atoms with E-state index in [1.165, 1.54) is 10.9 Å². The molecule has 2 rings (SSSR count). The zero-order chi connectivity index (χ0) is 14.9. The second-order valence-corrected chi connectivity index (χ2v) is 5.81. The first-order valence-corrected chi connectivity index (χ1v) is 7.36. The minimum atomic E-state index is -4.23. The molecule has 2 heterocycles. The molecule has 20 heavy (non-hydrogen) atoms. The molecule has 2 aromatic rings. The van der Waals surface area contributed by atoms with Crippen molar-refractivity contribution in [3.05, 3.63) is 12.4 Å². The SMILES string of the molecule is C[C@H](Cn1cnc2c(N)nc(F)nc21)OCP(=O)(O)O. The van der Waals surface area contributed by atoms with E-state index in [-0.39, 0.29) is 23.5 Å². The summed E-state index contributed by atoms with van der Waals surface area (Å²) in [5.41, 5.74) is 5.97. The van der Waals surface area contributed by atoms with Crippen molar-refractivity contribution in [2.45, 2.75) is 19.6 Å². The Kier molecular flexibility index (Phi) is 4.00. The first-order valence-electron chi connectivity index (χ1n) is 5.56. The van der Waals surface area contributed by atoms with Crippen molar-refractivity contribution in [2.75, 3.05) is 12.1 Å². The summed E-state index contributed by atoms with van der Waals surface area (Å²) in [4.78, 5) is 28.3. The van der Waals surface area contributed by atoms with E-state index in [2.05, 4.69) is 15.0 Å². The monoisotopic (exact) mass is 305 g/mol. The molecule has 9 nitrogen and oxygen atoms in total. The normalized spacial score (nSPS) is 13.8. The van der Waals surface area contributed by atoms with Crippen LogP contribution >= 0.6 is 7.60 Å². The van der Waals surface area contributed by atoms with Crippen LogP contribution in [0.5, 0.6) is 0 Å². The Morgan fingerprint density at radius 1 is 1.55 bits per heavy atom. The summed E-state index contributed by atoms with van der Waals surface area (Å²) in [7, 11) is -4.23. The summed E-state index contributed by atoms with van der Waals surface area (Å²) >= 11 is 0. The maximum Gasteiger partial charge on any atom is 0.350 e. The maximum absolute atomic E-state index is 13.1. The van der Waals surface area contributed by atoms with Crippen LogP contribution in [0.3, 0.4) is 0 Å². The Morgan fingerprint density at radius 2 is 2.25 bits per heavy atom. The molecule has 0 saturated heterocycles. The Bertz CT molecular complexity index is 672. The van der Waals surface area contributed by atoms with Gasteiger partial charge in [0.15, 0.2) is 11.5 Å². The predicted molar refractivity (Wildman–Crippen MR) is 67.2 cm³/mol. The second kappa shape index (κ2) is 5.41. The number of halogens is 1. The molecule has 0 bridgehead atoms. The van der Waals surface area contributed by atoms with Gasteiger partial charge in [0, 0.05) is 0 Å². The number of nitrogens with zero attached hydrogens (tertiary/aromatic N) is 4. The third-order valence-corrected chi connectivity index (χ3v) is 2.93. The minimum Gasteiger partial charge on any atom is -0.382 e.